The number of benzene rings is 1. The van der Waals surface area contributed by atoms with Gasteiger partial charge >= 0.3 is 5.97 Å². The predicted octanol–water partition coefficient (Wildman–Crippen LogP) is 0.597. The Balaban J connectivity index is 2.76. The molecule has 0 aliphatic heterocycles. The molecule has 0 saturated carbocycles. The molecule has 23 heavy (non-hydrogen) atoms. The Morgan fingerprint density at radius 1 is 1.30 bits per heavy atom. The van der Waals surface area contributed by atoms with E-state index in [0.29, 0.717) is 0 Å². The summed E-state index contributed by atoms with van der Waals surface area (Å²) in [5, 5.41) is 11.3. The Kier molecular flexibility index (Phi) is 5.70. The van der Waals surface area contributed by atoms with Crippen LogP contribution in [0.15, 0.2) is 24.3 Å². The van der Waals surface area contributed by atoms with Crippen LogP contribution < -0.4 is 10.1 Å². The topological polar surface area (TPSA) is 110 Å². The molecule has 128 valence electrons. The summed E-state index contributed by atoms with van der Waals surface area (Å²) in [6, 6.07) is 4.68. The lowest BCUT2D eigenvalue weighted by molar-refractivity contribution is -0.145. The van der Waals surface area contributed by atoms with Gasteiger partial charge in [0.2, 0.25) is 12.0 Å². The SMILES string of the molecule is CC(C)(C(=O)NCC(Oc1ccc(F)cc1)C(=O)O)S(C)(=O)=O. The molecule has 1 aromatic carbocycles. The number of rotatable bonds is 7. The number of halogens is 1. The molecule has 0 fully saturated rings. The number of carboxylic acids is 1. The maximum Gasteiger partial charge on any atom is 0.346 e. The van der Waals surface area contributed by atoms with Gasteiger partial charge in [0.15, 0.2) is 9.84 Å². The van der Waals surface area contributed by atoms with Gasteiger partial charge in [-0.1, -0.05) is 0 Å². The minimum absolute atomic E-state index is 0.107. The van der Waals surface area contributed by atoms with E-state index >= 15 is 0 Å². The summed E-state index contributed by atoms with van der Waals surface area (Å²) >= 11 is 0. The number of amides is 1. The highest BCUT2D eigenvalue weighted by molar-refractivity contribution is 7.92. The fourth-order valence-corrected chi connectivity index (χ4v) is 1.83. The predicted molar refractivity (Wildman–Crippen MR) is 80.4 cm³/mol. The quantitative estimate of drug-likeness (QED) is 0.747. The van der Waals surface area contributed by atoms with Crippen LogP contribution in [0.1, 0.15) is 13.8 Å². The molecule has 0 aromatic heterocycles. The Labute approximate surface area is 133 Å². The zero-order chi connectivity index (χ0) is 17.8. The van der Waals surface area contributed by atoms with Crippen molar-refractivity contribution in [2.24, 2.45) is 0 Å². The first kappa shape index (κ1) is 18.9. The van der Waals surface area contributed by atoms with Crippen LogP contribution in [0.2, 0.25) is 0 Å². The lowest BCUT2D eigenvalue weighted by Crippen LogP contribution is -2.51. The Morgan fingerprint density at radius 3 is 2.26 bits per heavy atom. The highest BCUT2D eigenvalue weighted by atomic mass is 32.2. The minimum Gasteiger partial charge on any atom is -0.478 e. The van der Waals surface area contributed by atoms with Gasteiger partial charge in [-0.15, -0.1) is 0 Å². The van der Waals surface area contributed by atoms with Crippen LogP contribution in [-0.4, -0.2) is 49.1 Å². The molecule has 1 aromatic rings. The number of carboxylic acid groups (broad SMARTS) is 1. The molecule has 1 amide bonds. The second kappa shape index (κ2) is 6.95. The largest absolute Gasteiger partial charge is 0.478 e. The fourth-order valence-electron chi connectivity index (χ4n) is 1.42. The third kappa shape index (κ3) is 4.92. The highest BCUT2D eigenvalue weighted by Crippen LogP contribution is 2.16. The van der Waals surface area contributed by atoms with Gasteiger partial charge in [0, 0.05) is 6.26 Å². The zero-order valence-electron chi connectivity index (χ0n) is 12.9. The average Bonchev–Trinajstić information content (AvgIpc) is 2.43. The smallest absolute Gasteiger partial charge is 0.346 e. The molecule has 7 nitrogen and oxygen atoms in total. The summed E-state index contributed by atoms with van der Waals surface area (Å²) in [4.78, 5) is 23.1. The van der Waals surface area contributed by atoms with Crippen LogP contribution >= 0.6 is 0 Å². The van der Waals surface area contributed by atoms with Crippen molar-refractivity contribution in [2.45, 2.75) is 24.7 Å². The van der Waals surface area contributed by atoms with Crippen LogP contribution in [-0.2, 0) is 19.4 Å². The van der Waals surface area contributed by atoms with Gasteiger partial charge in [0.1, 0.15) is 16.3 Å². The van der Waals surface area contributed by atoms with E-state index in [1.807, 2.05) is 0 Å². The fraction of sp³-hybridized carbons (Fsp3) is 0.429. The van der Waals surface area contributed by atoms with Gasteiger partial charge in [-0.3, -0.25) is 4.79 Å². The lowest BCUT2D eigenvalue weighted by atomic mass is 10.2. The maximum atomic E-state index is 12.8. The van der Waals surface area contributed by atoms with Crippen LogP contribution in [0.4, 0.5) is 4.39 Å². The van der Waals surface area contributed by atoms with Gasteiger partial charge in [0.25, 0.3) is 0 Å². The number of hydrogen-bond acceptors (Lipinski definition) is 5. The molecule has 9 heteroatoms. The van der Waals surface area contributed by atoms with Crippen molar-refractivity contribution >= 4 is 21.7 Å². The van der Waals surface area contributed by atoms with E-state index < -0.39 is 44.9 Å². The number of nitrogens with one attached hydrogen (secondary N) is 1. The van der Waals surface area contributed by atoms with Crippen molar-refractivity contribution in [1.29, 1.82) is 0 Å². The molecular formula is C14H18FNO6S. The highest BCUT2D eigenvalue weighted by Gasteiger charge is 2.38. The van der Waals surface area contributed by atoms with Gasteiger partial charge in [-0.25, -0.2) is 17.6 Å². The Hall–Kier alpha value is -2.16. The van der Waals surface area contributed by atoms with Crippen molar-refractivity contribution in [1.82, 2.24) is 5.32 Å². The van der Waals surface area contributed by atoms with Crippen molar-refractivity contribution in [3.63, 3.8) is 0 Å². The molecule has 0 spiro atoms. The molecule has 0 saturated heterocycles. The molecule has 1 atom stereocenters. The van der Waals surface area contributed by atoms with Crippen LogP contribution in [0, 0.1) is 5.82 Å². The first-order valence-corrected chi connectivity index (χ1v) is 8.47. The number of ether oxygens (including phenoxy) is 1. The van der Waals surface area contributed by atoms with E-state index in [4.69, 9.17) is 9.84 Å². The van der Waals surface area contributed by atoms with E-state index in [1.54, 1.807) is 0 Å². The van der Waals surface area contributed by atoms with E-state index in [2.05, 4.69) is 5.32 Å². The van der Waals surface area contributed by atoms with Crippen LogP contribution in [0.5, 0.6) is 5.75 Å². The van der Waals surface area contributed by atoms with Gasteiger partial charge in [-0.05, 0) is 38.1 Å². The molecule has 2 N–H and O–H groups in total. The van der Waals surface area contributed by atoms with Crippen LogP contribution in [0.25, 0.3) is 0 Å². The molecule has 0 aliphatic rings. The maximum absolute atomic E-state index is 12.8. The number of carbonyl (C=O) groups excluding carboxylic acids is 1. The number of hydrogen-bond donors (Lipinski definition) is 2. The van der Waals surface area contributed by atoms with E-state index in [-0.39, 0.29) is 5.75 Å². The molecule has 1 unspecified atom stereocenters. The standard InChI is InChI=1S/C14H18FNO6S/c1-14(2,23(3,20)21)13(19)16-8-11(12(17)18)22-10-6-4-9(15)5-7-10/h4-7,11H,8H2,1-3H3,(H,16,19)(H,17,18). The van der Waals surface area contributed by atoms with Crippen molar-refractivity contribution < 1.29 is 32.2 Å². The zero-order valence-corrected chi connectivity index (χ0v) is 13.7. The summed E-state index contributed by atoms with van der Waals surface area (Å²) in [5.74, 6) is -2.59. The van der Waals surface area contributed by atoms with Gasteiger partial charge in [-0.2, -0.15) is 0 Å². The van der Waals surface area contributed by atoms with E-state index in [0.717, 1.165) is 18.4 Å². The van der Waals surface area contributed by atoms with Gasteiger partial charge < -0.3 is 15.2 Å². The van der Waals surface area contributed by atoms with E-state index in [9.17, 15) is 22.4 Å². The lowest BCUT2D eigenvalue weighted by Gasteiger charge is -2.23. The molecule has 0 bridgehead atoms. The summed E-state index contributed by atoms with van der Waals surface area (Å²) in [6.07, 6.45) is -0.532. The second-order valence-electron chi connectivity index (χ2n) is 5.39. The summed E-state index contributed by atoms with van der Waals surface area (Å²) in [6.45, 7) is 1.99. The molecular weight excluding hydrogens is 329 g/mol. The van der Waals surface area contributed by atoms with Crippen LogP contribution in [0.3, 0.4) is 0 Å². The Bertz CT molecular complexity index is 684. The monoisotopic (exact) mass is 347 g/mol. The number of carbonyl (C=O) groups is 2. The van der Waals surface area contributed by atoms with E-state index in [1.165, 1.54) is 26.0 Å². The number of sulfone groups is 1. The van der Waals surface area contributed by atoms with Gasteiger partial charge in [0.05, 0.1) is 6.54 Å². The molecule has 1 rings (SSSR count). The van der Waals surface area contributed by atoms with Crippen molar-refractivity contribution in [2.75, 3.05) is 12.8 Å². The Morgan fingerprint density at radius 2 is 1.83 bits per heavy atom. The molecule has 0 radical (unpaired) electrons. The first-order chi connectivity index (χ1) is 10.4. The second-order valence-corrected chi connectivity index (χ2v) is 7.96. The van der Waals surface area contributed by atoms with Crippen molar-refractivity contribution in [3.05, 3.63) is 30.1 Å². The molecule has 0 aliphatic carbocycles. The summed E-state index contributed by atoms with van der Waals surface area (Å²) in [7, 11) is -3.68. The number of aliphatic carboxylic acids is 1. The average molecular weight is 347 g/mol. The first-order valence-electron chi connectivity index (χ1n) is 6.58. The summed E-state index contributed by atoms with van der Waals surface area (Å²) < 4.78 is 39.3. The third-order valence-electron chi connectivity index (χ3n) is 3.29. The van der Waals surface area contributed by atoms with Crippen molar-refractivity contribution in [3.8, 4) is 5.75 Å². The normalized spacial score (nSPS) is 13.2. The summed E-state index contributed by atoms with van der Waals surface area (Å²) in [5.41, 5.74) is 0. The molecule has 0 heterocycles. The third-order valence-corrected chi connectivity index (χ3v) is 5.33. The minimum atomic E-state index is -3.68.